The molecule has 0 N–H and O–H groups in total. The van der Waals surface area contributed by atoms with Gasteiger partial charge in [0.1, 0.15) is 23.1 Å². The number of carbonyl (C=O) groups excluding carboxylic acids is 1. The van der Waals surface area contributed by atoms with E-state index in [1.165, 1.54) is 24.6 Å². The van der Waals surface area contributed by atoms with Crippen molar-refractivity contribution < 1.29 is 23.5 Å². The number of hydrogen-bond donors (Lipinski definition) is 0. The number of aromatic nitrogens is 2. The van der Waals surface area contributed by atoms with E-state index >= 15 is 0 Å². The third kappa shape index (κ3) is 4.93. The lowest BCUT2D eigenvalue weighted by Gasteiger charge is -2.28. The van der Waals surface area contributed by atoms with Gasteiger partial charge in [-0.3, -0.25) is 0 Å². The summed E-state index contributed by atoms with van der Waals surface area (Å²) in [5, 5.41) is 15.5. The van der Waals surface area contributed by atoms with Crippen molar-refractivity contribution in [1.82, 2.24) is 10.1 Å². The maximum atomic E-state index is 11.8. The molecule has 9 nitrogen and oxygen atoms in total. The first-order valence-corrected chi connectivity index (χ1v) is 12.1. The van der Waals surface area contributed by atoms with Crippen LogP contribution < -0.4 is 9.64 Å². The molecule has 0 amide bonds. The first-order valence-electron chi connectivity index (χ1n) is 11.2. The molecular weight excluding hydrogens is 480 g/mol. The van der Waals surface area contributed by atoms with Crippen LogP contribution in [0, 0.1) is 11.3 Å². The van der Waals surface area contributed by atoms with Gasteiger partial charge in [-0.25, -0.2) is 9.78 Å². The number of nitriles is 1. The summed E-state index contributed by atoms with van der Waals surface area (Å²) in [7, 11) is 1.34. The summed E-state index contributed by atoms with van der Waals surface area (Å²) >= 11 is 1.27. The molecule has 1 saturated heterocycles. The van der Waals surface area contributed by atoms with Crippen molar-refractivity contribution in [3.63, 3.8) is 0 Å². The van der Waals surface area contributed by atoms with Crippen LogP contribution in [0.1, 0.15) is 20.8 Å². The Morgan fingerprint density at radius 2 is 2.00 bits per heavy atom. The summed E-state index contributed by atoms with van der Waals surface area (Å²) in [5.74, 6) is 0.204. The van der Waals surface area contributed by atoms with Gasteiger partial charge in [0.15, 0.2) is 5.76 Å². The van der Waals surface area contributed by atoms with Crippen LogP contribution in [0.25, 0.3) is 22.6 Å². The van der Waals surface area contributed by atoms with Crippen LogP contribution in [-0.4, -0.2) is 49.5 Å². The van der Waals surface area contributed by atoms with Crippen LogP contribution >= 0.6 is 11.3 Å². The molecule has 0 unspecified atom stereocenters. The number of thiophene rings is 1. The van der Waals surface area contributed by atoms with Gasteiger partial charge in [0.25, 0.3) is 0 Å². The standard InChI is InChI=1S/C26H22N4O5S/c1-32-26(31)24-12-17(16-36-24)15-34-25-21(14-27)20(23-6-7-28-35-23)13-22(29-25)18-2-4-19(5-3-18)30-8-10-33-11-9-30/h2-7,12-13,16H,8-11,15H2,1H3. The molecule has 0 atom stereocenters. The van der Waals surface area contributed by atoms with E-state index in [1.54, 1.807) is 18.2 Å². The largest absolute Gasteiger partial charge is 0.472 e. The fourth-order valence-corrected chi connectivity index (χ4v) is 4.72. The Balaban J connectivity index is 1.47. The van der Waals surface area contributed by atoms with E-state index in [0.29, 0.717) is 35.1 Å². The molecule has 3 aromatic heterocycles. The minimum atomic E-state index is -0.405. The molecule has 0 radical (unpaired) electrons. The maximum Gasteiger partial charge on any atom is 0.348 e. The Morgan fingerprint density at radius 3 is 2.69 bits per heavy atom. The van der Waals surface area contributed by atoms with E-state index in [-0.39, 0.29) is 18.1 Å². The first kappa shape index (κ1) is 23.5. The number of esters is 1. The lowest BCUT2D eigenvalue weighted by Crippen LogP contribution is -2.36. The Kier molecular flexibility index (Phi) is 6.93. The Labute approximate surface area is 211 Å². The number of hydrogen-bond acceptors (Lipinski definition) is 10. The van der Waals surface area contributed by atoms with Gasteiger partial charge in [-0.2, -0.15) is 5.26 Å². The predicted octanol–water partition coefficient (Wildman–Crippen LogP) is 4.54. The van der Waals surface area contributed by atoms with Gasteiger partial charge in [0.05, 0.1) is 32.2 Å². The average Bonchev–Trinajstić information content (AvgIpc) is 3.64. The number of rotatable bonds is 7. The second-order valence-corrected chi connectivity index (χ2v) is 8.88. The molecule has 5 rings (SSSR count). The Morgan fingerprint density at radius 1 is 1.19 bits per heavy atom. The number of morpholine rings is 1. The van der Waals surface area contributed by atoms with Gasteiger partial charge < -0.3 is 23.6 Å². The fraction of sp³-hybridized carbons (Fsp3) is 0.231. The van der Waals surface area contributed by atoms with Crippen LogP contribution in [0.3, 0.4) is 0 Å². The Hall–Kier alpha value is -4.20. The van der Waals surface area contributed by atoms with Crippen molar-refractivity contribution in [2.75, 3.05) is 38.3 Å². The monoisotopic (exact) mass is 502 g/mol. The quantitative estimate of drug-likeness (QED) is 0.336. The molecule has 1 aliphatic rings. The highest BCUT2D eigenvalue weighted by molar-refractivity contribution is 7.12. The van der Waals surface area contributed by atoms with E-state index in [1.807, 2.05) is 17.5 Å². The third-order valence-corrected chi connectivity index (χ3v) is 6.72. The minimum absolute atomic E-state index is 0.129. The Bertz CT molecular complexity index is 1390. The van der Waals surface area contributed by atoms with Gasteiger partial charge in [-0.15, -0.1) is 11.3 Å². The van der Waals surface area contributed by atoms with E-state index in [9.17, 15) is 10.1 Å². The average molecular weight is 503 g/mol. The molecule has 0 bridgehead atoms. The molecule has 10 heteroatoms. The summed E-state index contributed by atoms with van der Waals surface area (Å²) in [5.41, 5.74) is 4.15. The van der Waals surface area contributed by atoms with Crippen molar-refractivity contribution >= 4 is 23.0 Å². The number of anilines is 1. The van der Waals surface area contributed by atoms with Crippen LogP contribution in [-0.2, 0) is 16.1 Å². The number of pyridine rings is 1. The molecular formula is C26H22N4O5S. The SMILES string of the molecule is COC(=O)c1cc(COc2nc(-c3ccc(N4CCOCC4)cc3)cc(-c3ccno3)c2C#N)cs1. The highest BCUT2D eigenvalue weighted by Crippen LogP contribution is 2.34. The smallest absolute Gasteiger partial charge is 0.348 e. The fourth-order valence-electron chi connectivity index (χ4n) is 3.91. The highest BCUT2D eigenvalue weighted by atomic mass is 32.1. The van der Waals surface area contributed by atoms with Crippen molar-refractivity contribution in [3.05, 3.63) is 70.0 Å². The van der Waals surface area contributed by atoms with E-state index in [4.69, 9.17) is 18.7 Å². The summed E-state index contributed by atoms with van der Waals surface area (Å²) < 4.78 is 21.6. The number of nitrogens with zero attached hydrogens (tertiary/aromatic N) is 4. The van der Waals surface area contributed by atoms with Crippen molar-refractivity contribution in [1.29, 1.82) is 5.26 Å². The molecule has 4 heterocycles. The van der Waals surface area contributed by atoms with Crippen molar-refractivity contribution in [2.45, 2.75) is 6.61 Å². The number of carbonyl (C=O) groups is 1. The summed E-state index contributed by atoms with van der Waals surface area (Å²) in [6, 6.07) is 15.5. The third-order valence-electron chi connectivity index (χ3n) is 5.76. The zero-order valence-electron chi connectivity index (χ0n) is 19.5. The number of ether oxygens (including phenoxy) is 3. The van der Waals surface area contributed by atoms with E-state index in [2.05, 4.69) is 33.2 Å². The molecule has 0 aliphatic carbocycles. The molecule has 182 valence electrons. The van der Waals surface area contributed by atoms with Crippen LogP contribution in [0.5, 0.6) is 5.88 Å². The lowest BCUT2D eigenvalue weighted by atomic mass is 10.0. The maximum absolute atomic E-state index is 11.8. The first-order chi connectivity index (χ1) is 17.7. The van der Waals surface area contributed by atoms with E-state index < -0.39 is 5.97 Å². The topological polar surface area (TPSA) is 111 Å². The van der Waals surface area contributed by atoms with Gasteiger partial charge in [-0.1, -0.05) is 17.3 Å². The van der Waals surface area contributed by atoms with Crippen molar-refractivity contribution in [3.8, 4) is 34.5 Å². The normalized spacial score (nSPS) is 13.3. The number of methoxy groups -OCH3 is 1. The molecule has 0 saturated carbocycles. The number of benzene rings is 1. The molecule has 1 fully saturated rings. The summed E-state index contributed by atoms with van der Waals surface area (Å²) in [6.45, 7) is 3.26. The molecule has 0 spiro atoms. The predicted molar refractivity (Wildman–Crippen MR) is 133 cm³/mol. The van der Waals surface area contributed by atoms with Crippen LogP contribution in [0.4, 0.5) is 5.69 Å². The van der Waals surface area contributed by atoms with E-state index in [0.717, 1.165) is 29.9 Å². The summed E-state index contributed by atoms with van der Waals surface area (Å²) in [4.78, 5) is 19.2. The minimum Gasteiger partial charge on any atom is -0.472 e. The zero-order chi connectivity index (χ0) is 24.9. The van der Waals surface area contributed by atoms with Crippen molar-refractivity contribution in [2.24, 2.45) is 0 Å². The highest BCUT2D eigenvalue weighted by Gasteiger charge is 2.20. The molecule has 1 aromatic carbocycles. The van der Waals surface area contributed by atoms with Crippen LogP contribution in [0.2, 0.25) is 0 Å². The lowest BCUT2D eigenvalue weighted by molar-refractivity contribution is 0.0606. The molecule has 1 aliphatic heterocycles. The van der Waals surface area contributed by atoms with Gasteiger partial charge in [0, 0.05) is 41.5 Å². The second-order valence-electron chi connectivity index (χ2n) is 7.97. The molecule has 4 aromatic rings. The molecule has 36 heavy (non-hydrogen) atoms. The summed E-state index contributed by atoms with van der Waals surface area (Å²) in [6.07, 6.45) is 1.52. The van der Waals surface area contributed by atoms with Crippen LogP contribution in [0.15, 0.2) is 58.6 Å². The van der Waals surface area contributed by atoms with Gasteiger partial charge in [0.2, 0.25) is 5.88 Å². The second kappa shape index (κ2) is 10.6. The van der Waals surface area contributed by atoms with Gasteiger partial charge in [-0.05, 0) is 29.6 Å². The zero-order valence-corrected chi connectivity index (χ0v) is 20.3. The van der Waals surface area contributed by atoms with Gasteiger partial charge >= 0.3 is 5.97 Å².